The van der Waals surface area contributed by atoms with E-state index >= 15 is 0 Å². The van der Waals surface area contributed by atoms with Gasteiger partial charge in [0.05, 0.1) is 6.42 Å². The van der Waals surface area contributed by atoms with Crippen molar-refractivity contribution in [3.63, 3.8) is 0 Å². The summed E-state index contributed by atoms with van der Waals surface area (Å²) < 4.78 is 4.41. The second kappa shape index (κ2) is 4.56. The highest BCUT2D eigenvalue weighted by molar-refractivity contribution is 5.85. The molecule has 1 aromatic carbocycles. The van der Waals surface area contributed by atoms with Crippen molar-refractivity contribution >= 4 is 11.9 Å². The summed E-state index contributed by atoms with van der Waals surface area (Å²) in [4.78, 5) is 21.5. The minimum Gasteiger partial charge on any atom is -0.393 e. The van der Waals surface area contributed by atoms with E-state index < -0.39 is 11.9 Å². The maximum atomic E-state index is 11.1. The molecular formula is C11H12O3. The fourth-order valence-electron chi connectivity index (χ4n) is 1.07. The Morgan fingerprint density at radius 1 is 1.21 bits per heavy atom. The fourth-order valence-corrected chi connectivity index (χ4v) is 1.07. The van der Waals surface area contributed by atoms with Crippen molar-refractivity contribution in [2.75, 3.05) is 0 Å². The first-order chi connectivity index (χ1) is 6.58. The molecule has 0 unspecified atom stereocenters. The zero-order valence-corrected chi connectivity index (χ0v) is 8.24. The predicted molar refractivity (Wildman–Crippen MR) is 51.7 cm³/mol. The molecule has 0 aliphatic rings. The van der Waals surface area contributed by atoms with E-state index in [0.29, 0.717) is 0 Å². The van der Waals surface area contributed by atoms with Crippen LogP contribution >= 0.6 is 0 Å². The van der Waals surface area contributed by atoms with Crippen LogP contribution in [0.15, 0.2) is 24.3 Å². The van der Waals surface area contributed by atoms with E-state index in [1.807, 2.05) is 31.2 Å². The molecule has 3 heteroatoms. The minimum absolute atomic E-state index is 0.139. The number of aryl methyl sites for hydroxylation is 1. The normalized spacial score (nSPS) is 9.57. The molecule has 1 rings (SSSR count). The van der Waals surface area contributed by atoms with E-state index in [4.69, 9.17) is 0 Å². The van der Waals surface area contributed by atoms with Crippen molar-refractivity contribution in [3.8, 4) is 0 Å². The SMILES string of the molecule is CC(=O)OC(=O)Cc1ccc(C)cc1. The number of carbonyl (C=O) groups is 2. The van der Waals surface area contributed by atoms with Crippen LogP contribution in [0.2, 0.25) is 0 Å². The van der Waals surface area contributed by atoms with Gasteiger partial charge in [0.25, 0.3) is 0 Å². The summed E-state index contributed by atoms with van der Waals surface area (Å²) in [5.41, 5.74) is 1.98. The monoisotopic (exact) mass is 192 g/mol. The van der Waals surface area contributed by atoms with E-state index in [1.54, 1.807) is 0 Å². The summed E-state index contributed by atoms with van der Waals surface area (Å²) in [5.74, 6) is -1.08. The van der Waals surface area contributed by atoms with Crippen molar-refractivity contribution in [2.45, 2.75) is 20.3 Å². The first-order valence-electron chi connectivity index (χ1n) is 4.34. The smallest absolute Gasteiger partial charge is 0.317 e. The van der Waals surface area contributed by atoms with Crippen molar-refractivity contribution in [2.24, 2.45) is 0 Å². The molecule has 1 aromatic rings. The van der Waals surface area contributed by atoms with Crippen LogP contribution in [0.3, 0.4) is 0 Å². The van der Waals surface area contributed by atoms with Crippen molar-refractivity contribution < 1.29 is 14.3 Å². The summed E-state index contributed by atoms with van der Waals surface area (Å²) in [6.07, 6.45) is 0.139. The molecule has 0 amide bonds. The first kappa shape index (κ1) is 10.4. The molecule has 0 aliphatic heterocycles. The number of ether oxygens (including phenoxy) is 1. The van der Waals surface area contributed by atoms with Crippen LogP contribution in [0, 0.1) is 6.92 Å². The molecule has 0 fully saturated rings. The van der Waals surface area contributed by atoms with Gasteiger partial charge in [-0.2, -0.15) is 0 Å². The van der Waals surface area contributed by atoms with E-state index in [1.165, 1.54) is 6.92 Å². The predicted octanol–water partition coefficient (Wildman–Crippen LogP) is 1.63. The summed E-state index contributed by atoms with van der Waals surface area (Å²) in [6.45, 7) is 3.19. The highest BCUT2D eigenvalue weighted by Gasteiger charge is 2.06. The summed E-state index contributed by atoms with van der Waals surface area (Å²) in [7, 11) is 0. The topological polar surface area (TPSA) is 43.4 Å². The van der Waals surface area contributed by atoms with Crippen LogP contribution in [-0.2, 0) is 20.7 Å². The molecule has 0 atom stereocenters. The van der Waals surface area contributed by atoms with Gasteiger partial charge in [-0.1, -0.05) is 29.8 Å². The Morgan fingerprint density at radius 2 is 1.79 bits per heavy atom. The molecule has 0 spiro atoms. The molecule has 74 valence electrons. The first-order valence-corrected chi connectivity index (χ1v) is 4.34. The van der Waals surface area contributed by atoms with E-state index in [0.717, 1.165) is 11.1 Å². The molecule has 0 N–H and O–H groups in total. The maximum absolute atomic E-state index is 11.1. The van der Waals surface area contributed by atoms with Crippen LogP contribution in [0.25, 0.3) is 0 Å². The Balaban J connectivity index is 2.56. The van der Waals surface area contributed by atoms with Crippen LogP contribution in [0.1, 0.15) is 18.1 Å². The molecule has 0 saturated heterocycles. The van der Waals surface area contributed by atoms with Gasteiger partial charge in [-0.15, -0.1) is 0 Å². The van der Waals surface area contributed by atoms with Gasteiger partial charge in [0.15, 0.2) is 0 Å². The van der Waals surface area contributed by atoms with Gasteiger partial charge in [0.2, 0.25) is 0 Å². The van der Waals surface area contributed by atoms with Crippen molar-refractivity contribution in [1.29, 1.82) is 0 Å². The zero-order valence-electron chi connectivity index (χ0n) is 8.24. The number of esters is 2. The Bertz CT molecular complexity index is 338. The summed E-state index contributed by atoms with van der Waals surface area (Å²) in [6, 6.07) is 7.51. The lowest BCUT2D eigenvalue weighted by Gasteiger charge is -2.00. The second-order valence-corrected chi connectivity index (χ2v) is 3.13. The van der Waals surface area contributed by atoms with Crippen LogP contribution < -0.4 is 0 Å². The zero-order chi connectivity index (χ0) is 10.6. The number of carbonyl (C=O) groups excluding carboxylic acids is 2. The molecular weight excluding hydrogens is 180 g/mol. The minimum atomic E-state index is -0.567. The standard InChI is InChI=1S/C11H12O3/c1-8-3-5-10(6-4-8)7-11(13)14-9(2)12/h3-6H,7H2,1-2H3. The van der Waals surface area contributed by atoms with Crippen LogP contribution in [0.4, 0.5) is 0 Å². The lowest BCUT2D eigenvalue weighted by atomic mass is 10.1. The molecule has 0 radical (unpaired) electrons. The molecule has 0 saturated carbocycles. The number of benzene rings is 1. The van der Waals surface area contributed by atoms with E-state index in [9.17, 15) is 9.59 Å². The van der Waals surface area contributed by atoms with E-state index in [-0.39, 0.29) is 6.42 Å². The average molecular weight is 192 g/mol. The summed E-state index contributed by atoms with van der Waals surface area (Å²) >= 11 is 0. The van der Waals surface area contributed by atoms with Gasteiger partial charge >= 0.3 is 11.9 Å². The Morgan fingerprint density at radius 3 is 2.29 bits per heavy atom. The van der Waals surface area contributed by atoms with Gasteiger partial charge in [0.1, 0.15) is 0 Å². The Kier molecular flexibility index (Phi) is 3.40. The Labute approximate surface area is 82.7 Å². The van der Waals surface area contributed by atoms with Gasteiger partial charge in [-0.3, -0.25) is 9.59 Å². The molecule has 14 heavy (non-hydrogen) atoms. The lowest BCUT2D eigenvalue weighted by molar-refractivity contribution is -0.157. The fraction of sp³-hybridized carbons (Fsp3) is 0.273. The van der Waals surface area contributed by atoms with Gasteiger partial charge < -0.3 is 4.74 Å². The largest absolute Gasteiger partial charge is 0.393 e. The molecule has 0 bridgehead atoms. The van der Waals surface area contributed by atoms with Gasteiger partial charge in [-0.05, 0) is 12.5 Å². The summed E-state index contributed by atoms with van der Waals surface area (Å²) in [5, 5.41) is 0. The third-order valence-electron chi connectivity index (χ3n) is 1.73. The van der Waals surface area contributed by atoms with E-state index in [2.05, 4.69) is 4.74 Å². The van der Waals surface area contributed by atoms with Crippen LogP contribution in [-0.4, -0.2) is 11.9 Å². The highest BCUT2D eigenvalue weighted by atomic mass is 16.6. The molecule has 0 aromatic heterocycles. The highest BCUT2D eigenvalue weighted by Crippen LogP contribution is 2.04. The van der Waals surface area contributed by atoms with Crippen LogP contribution in [0.5, 0.6) is 0 Å². The van der Waals surface area contributed by atoms with Crippen molar-refractivity contribution in [3.05, 3.63) is 35.4 Å². The third-order valence-corrected chi connectivity index (χ3v) is 1.73. The van der Waals surface area contributed by atoms with Crippen molar-refractivity contribution in [1.82, 2.24) is 0 Å². The number of hydrogen-bond acceptors (Lipinski definition) is 3. The average Bonchev–Trinajstić information content (AvgIpc) is 2.07. The Hall–Kier alpha value is -1.64. The second-order valence-electron chi connectivity index (χ2n) is 3.13. The number of hydrogen-bond donors (Lipinski definition) is 0. The van der Waals surface area contributed by atoms with Gasteiger partial charge in [0, 0.05) is 6.92 Å². The number of rotatable bonds is 2. The third kappa shape index (κ3) is 3.39. The molecule has 0 aliphatic carbocycles. The quantitative estimate of drug-likeness (QED) is 0.528. The lowest BCUT2D eigenvalue weighted by Crippen LogP contribution is -2.11. The molecule has 3 nitrogen and oxygen atoms in total. The maximum Gasteiger partial charge on any atom is 0.317 e. The molecule has 0 heterocycles. The van der Waals surface area contributed by atoms with Gasteiger partial charge in [-0.25, -0.2) is 0 Å².